The SMILES string of the molecule is CCCn1c(OC)cc2ccccc21. The lowest BCUT2D eigenvalue weighted by Crippen LogP contribution is -1.99. The predicted molar refractivity (Wildman–Crippen MR) is 58.8 cm³/mol. The highest BCUT2D eigenvalue weighted by Crippen LogP contribution is 2.25. The number of nitrogens with zero attached hydrogens (tertiary/aromatic N) is 1. The highest BCUT2D eigenvalue weighted by atomic mass is 16.5. The summed E-state index contributed by atoms with van der Waals surface area (Å²) >= 11 is 0. The summed E-state index contributed by atoms with van der Waals surface area (Å²) in [6.07, 6.45) is 1.12. The molecule has 0 radical (unpaired) electrons. The molecule has 0 spiro atoms. The van der Waals surface area contributed by atoms with Gasteiger partial charge < -0.3 is 9.30 Å². The number of ether oxygens (including phenoxy) is 1. The Hall–Kier alpha value is -1.44. The molecule has 0 amide bonds. The second-order valence-corrected chi connectivity index (χ2v) is 3.40. The number of rotatable bonds is 3. The van der Waals surface area contributed by atoms with E-state index in [0.29, 0.717) is 0 Å². The Morgan fingerprint density at radius 2 is 2.07 bits per heavy atom. The van der Waals surface area contributed by atoms with Gasteiger partial charge in [-0.1, -0.05) is 25.1 Å². The summed E-state index contributed by atoms with van der Waals surface area (Å²) in [5.41, 5.74) is 1.26. The molecule has 0 N–H and O–H groups in total. The maximum Gasteiger partial charge on any atom is 0.194 e. The van der Waals surface area contributed by atoms with E-state index in [1.54, 1.807) is 7.11 Å². The fourth-order valence-corrected chi connectivity index (χ4v) is 1.81. The van der Waals surface area contributed by atoms with Crippen LogP contribution in [-0.2, 0) is 6.54 Å². The Morgan fingerprint density at radius 3 is 2.79 bits per heavy atom. The number of methoxy groups -OCH3 is 1. The minimum absolute atomic E-state index is 0.952. The van der Waals surface area contributed by atoms with Crippen LogP contribution in [0.15, 0.2) is 30.3 Å². The van der Waals surface area contributed by atoms with Crippen molar-refractivity contribution in [3.63, 3.8) is 0 Å². The van der Waals surface area contributed by atoms with Crippen molar-refractivity contribution in [3.8, 4) is 5.88 Å². The van der Waals surface area contributed by atoms with Crippen molar-refractivity contribution in [2.45, 2.75) is 19.9 Å². The van der Waals surface area contributed by atoms with Gasteiger partial charge in [-0.2, -0.15) is 0 Å². The van der Waals surface area contributed by atoms with Gasteiger partial charge in [-0.3, -0.25) is 0 Å². The van der Waals surface area contributed by atoms with Crippen LogP contribution in [-0.4, -0.2) is 11.7 Å². The average Bonchev–Trinajstić information content (AvgIpc) is 2.58. The maximum absolute atomic E-state index is 5.35. The molecule has 1 aromatic heterocycles. The van der Waals surface area contributed by atoms with Crippen molar-refractivity contribution in [2.24, 2.45) is 0 Å². The number of para-hydroxylation sites is 1. The molecule has 2 aromatic rings. The van der Waals surface area contributed by atoms with Crippen LogP contribution in [0.1, 0.15) is 13.3 Å². The minimum Gasteiger partial charge on any atom is -0.482 e. The zero-order valence-electron chi connectivity index (χ0n) is 8.66. The molecule has 0 atom stereocenters. The molecule has 1 aromatic carbocycles. The second-order valence-electron chi connectivity index (χ2n) is 3.40. The van der Waals surface area contributed by atoms with Gasteiger partial charge in [0, 0.05) is 18.0 Å². The molecule has 2 heteroatoms. The average molecular weight is 189 g/mol. The Balaban J connectivity index is 2.61. The monoisotopic (exact) mass is 189 g/mol. The Bertz CT molecular complexity index is 431. The molecule has 0 aliphatic rings. The first kappa shape index (κ1) is 9.13. The van der Waals surface area contributed by atoms with Gasteiger partial charge in [-0.25, -0.2) is 0 Å². The van der Waals surface area contributed by atoms with E-state index < -0.39 is 0 Å². The summed E-state index contributed by atoms with van der Waals surface area (Å²) in [5.74, 6) is 0.952. The third-order valence-electron chi connectivity index (χ3n) is 2.43. The molecule has 14 heavy (non-hydrogen) atoms. The van der Waals surface area contributed by atoms with Crippen LogP contribution in [0, 0.1) is 0 Å². The molecule has 1 heterocycles. The van der Waals surface area contributed by atoms with Crippen LogP contribution in [0.4, 0.5) is 0 Å². The topological polar surface area (TPSA) is 14.2 Å². The zero-order valence-corrected chi connectivity index (χ0v) is 8.66. The van der Waals surface area contributed by atoms with E-state index in [0.717, 1.165) is 18.8 Å². The van der Waals surface area contributed by atoms with Crippen molar-refractivity contribution in [1.82, 2.24) is 4.57 Å². The fourth-order valence-electron chi connectivity index (χ4n) is 1.81. The molecule has 74 valence electrons. The minimum atomic E-state index is 0.952. The van der Waals surface area contributed by atoms with E-state index in [2.05, 4.69) is 41.8 Å². The lowest BCUT2D eigenvalue weighted by atomic mass is 10.2. The van der Waals surface area contributed by atoms with E-state index >= 15 is 0 Å². The molecule has 2 rings (SSSR count). The van der Waals surface area contributed by atoms with Crippen LogP contribution in [0.3, 0.4) is 0 Å². The smallest absolute Gasteiger partial charge is 0.194 e. The molecule has 0 aliphatic carbocycles. The first-order valence-electron chi connectivity index (χ1n) is 4.99. The van der Waals surface area contributed by atoms with Gasteiger partial charge in [-0.15, -0.1) is 0 Å². The largest absolute Gasteiger partial charge is 0.482 e. The van der Waals surface area contributed by atoms with E-state index in [1.165, 1.54) is 10.9 Å². The quantitative estimate of drug-likeness (QED) is 0.723. The van der Waals surface area contributed by atoms with Crippen LogP contribution in [0.5, 0.6) is 5.88 Å². The van der Waals surface area contributed by atoms with E-state index in [-0.39, 0.29) is 0 Å². The summed E-state index contributed by atoms with van der Waals surface area (Å²) in [6.45, 7) is 3.19. The Kier molecular flexibility index (Phi) is 2.44. The van der Waals surface area contributed by atoms with Crippen molar-refractivity contribution in [3.05, 3.63) is 30.3 Å². The van der Waals surface area contributed by atoms with Gasteiger partial charge in [0.15, 0.2) is 5.88 Å². The van der Waals surface area contributed by atoms with Crippen LogP contribution >= 0.6 is 0 Å². The van der Waals surface area contributed by atoms with Crippen molar-refractivity contribution in [2.75, 3.05) is 7.11 Å². The van der Waals surface area contributed by atoms with Crippen LogP contribution in [0.2, 0.25) is 0 Å². The van der Waals surface area contributed by atoms with Gasteiger partial charge in [0.05, 0.1) is 12.6 Å². The molecule has 2 nitrogen and oxygen atoms in total. The third-order valence-corrected chi connectivity index (χ3v) is 2.43. The standard InChI is InChI=1S/C12H15NO/c1-3-8-13-11-7-5-4-6-10(11)9-12(13)14-2/h4-7,9H,3,8H2,1-2H3. The Labute approximate surface area is 84.1 Å². The van der Waals surface area contributed by atoms with Gasteiger partial charge in [0.1, 0.15) is 0 Å². The van der Waals surface area contributed by atoms with E-state index in [9.17, 15) is 0 Å². The van der Waals surface area contributed by atoms with E-state index in [4.69, 9.17) is 4.74 Å². The lowest BCUT2D eigenvalue weighted by molar-refractivity contribution is 0.374. The van der Waals surface area contributed by atoms with Gasteiger partial charge in [0.25, 0.3) is 0 Å². The number of aromatic nitrogens is 1. The molecule has 0 bridgehead atoms. The highest BCUT2D eigenvalue weighted by Gasteiger charge is 2.06. The van der Waals surface area contributed by atoms with E-state index in [1.807, 2.05) is 0 Å². The number of hydrogen-bond donors (Lipinski definition) is 0. The second kappa shape index (κ2) is 3.74. The third kappa shape index (κ3) is 1.37. The summed E-state index contributed by atoms with van der Waals surface area (Å²) in [6, 6.07) is 10.5. The normalized spacial score (nSPS) is 10.7. The summed E-state index contributed by atoms with van der Waals surface area (Å²) in [7, 11) is 1.72. The molecule has 0 saturated carbocycles. The number of fused-ring (bicyclic) bond motifs is 1. The van der Waals surface area contributed by atoms with Crippen LogP contribution < -0.4 is 4.74 Å². The molecule has 0 fully saturated rings. The zero-order chi connectivity index (χ0) is 9.97. The van der Waals surface area contributed by atoms with Crippen molar-refractivity contribution < 1.29 is 4.74 Å². The summed E-state index contributed by atoms with van der Waals surface area (Å²) in [4.78, 5) is 0. The highest BCUT2D eigenvalue weighted by molar-refractivity contribution is 5.82. The first-order valence-corrected chi connectivity index (χ1v) is 4.99. The lowest BCUT2D eigenvalue weighted by Gasteiger charge is -2.07. The number of aryl methyl sites for hydroxylation is 1. The Morgan fingerprint density at radius 1 is 1.29 bits per heavy atom. The van der Waals surface area contributed by atoms with Crippen molar-refractivity contribution in [1.29, 1.82) is 0 Å². The summed E-state index contributed by atoms with van der Waals surface area (Å²) in [5, 5.41) is 1.25. The predicted octanol–water partition coefficient (Wildman–Crippen LogP) is 3.06. The van der Waals surface area contributed by atoms with Gasteiger partial charge in [-0.05, 0) is 12.5 Å². The fraction of sp³-hybridized carbons (Fsp3) is 0.333. The molecular formula is C12H15NO. The van der Waals surface area contributed by atoms with Crippen molar-refractivity contribution >= 4 is 10.9 Å². The molecule has 0 unspecified atom stereocenters. The molecule has 0 saturated heterocycles. The first-order chi connectivity index (χ1) is 6.86. The maximum atomic E-state index is 5.35. The number of benzene rings is 1. The van der Waals surface area contributed by atoms with Gasteiger partial charge >= 0.3 is 0 Å². The molecule has 0 aliphatic heterocycles. The van der Waals surface area contributed by atoms with Gasteiger partial charge in [0.2, 0.25) is 0 Å². The molecular weight excluding hydrogens is 174 g/mol. The van der Waals surface area contributed by atoms with Crippen LogP contribution in [0.25, 0.3) is 10.9 Å². The summed E-state index contributed by atoms with van der Waals surface area (Å²) < 4.78 is 7.56. The number of hydrogen-bond acceptors (Lipinski definition) is 1.